The van der Waals surface area contributed by atoms with Crippen molar-refractivity contribution in [2.45, 2.75) is 43.5 Å². The van der Waals surface area contributed by atoms with Crippen LogP contribution >= 0.6 is 12.4 Å². The van der Waals surface area contributed by atoms with Crippen LogP contribution in [-0.2, 0) is 14.8 Å². The lowest BCUT2D eigenvalue weighted by molar-refractivity contribution is -0.121. The second-order valence-corrected chi connectivity index (χ2v) is 7.90. The molecule has 2 rings (SSSR count). The number of rotatable bonds is 6. The maximum Gasteiger partial charge on any atom is 0.246 e. The Morgan fingerprint density at radius 1 is 1.40 bits per heavy atom. The number of halogens is 2. The fourth-order valence-corrected chi connectivity index (χ4v) is 4.63. The number of benzene rings is 1. The Hall–Kier alpha value is -1.22. The van der Waals surface area contributed by atoms with Crippen molar-refractivity contribution in [3.05, 3.63) is 29.6 Å². The van der Waals surface area contributed by atoms with Crippen LogP contribution in [0.25, 0.3) is 0 Å². The van der Waals surface area contributed by atoms with Gasteiger partial charge in [-0.3, -0.25) is 4.79 Å². The van der Waals surface area contributed by atoms with Gasteiger partial charge in [0.25, 0.3) is 0 Å². The molecule has 1 atom stereocenters. The standard InChI is InChI=1S/C16H24FN3O3S.ClH/c1-12-5-6-15(14(17)10-12)24(22,23)20-9-3-2-4-13(20)11-19-16(21)7-8-18;/h5-6,10,13H,2-4,7-9,11,18H2,1H3,(H,19,21);1H. The molecule has 3 N–H and O–H groups in total. The highest BCUT2D eigenvalue weighted by molar-refractivity contribution is 7.89. The monoisotopic (exact) mass is 393 g/mol. The van der Waals surface area contributed by atoms with Gasteiger partial charge in [0, 0.05) is 32.1 Å². The number of amides is 1. The smallest absolute Gasteiger partial charge is 0.246 e. The lowest BCUT2D eigenvalue weighted by Gasteiger charge is -2.34. The fourth-order valence-electron chi connectivity index (χ4n) is 2.89. The van der Waals surface area contributed by atoms with Crippen molar-refractivity contribution in [1.82, 2.24) is 9.62 Å². The minimum absolute atomic E-state index is 0. The average Bonchev–Trinajstić information content (AvgIpc) is 2.53. The molecule has 1 amide bonds. The first kappa shape index (κ1) is 21.8. The summed E-state index contributed by atoms with van der Waals surface area (Å²) in [4.78, 5) is 11.3. The Labute approximate surface area is 154 Å². The first-order valence-corrected chi connectivity index (χ1v) is 9.55. The molecule has 0 aliphatic carbocycles. The van der Waals surface area contributed by atoms with Crippen LogP contribution in [-0.4, -0.2) is 44.3 Å². The highest BCUT2D eigenvalue weighted by atomic mass is 35.5. The van der Waals surface area contributed by atoms with Gasteiger partial charge >= 0.3 is 0 Å². The van der Waals surface area contributed by atoms with E-state index in [1.807, 2.05) is 0 Å². The van der Waals surface area contributed by atoms with Gasteiger partial charge in [0.05, 0.1) is 0 Å². The second kappa shape index (κ2) is 9.47. The summed E-state index contributed by atoms with van der Waals surface area (Å²) < 4.78 is 41.2. The van der Waals surface area contributed by atoms with Crippen LogP contribution < -0.4 is 11.1 Å². The third kappa shape index (κ3) is 5.37. The van der Waals surface area contributed by atoms with E-state index >= 15 is 0 Å². The number of nitrogens with one attached hydrogen (secondary N) is 1. The van der Waals surface area contributed by atoms with Crippen LogP contribution in [0.15, 0.2) is 23.1 Å². The van der Waals surface area contributed by atoms with E-state index in [0.717, 1.165) is 12.8 Å². The number of nitrogens with two attached hydrogens (primary N) is 1. The number of aryl methyl sites for hydroxylation is 1. The second-order valence-electron chi connectivity index (χ2n) is 6.04. The molecule has 0 aromatic heterocycles. The summed E-state index contributed by atoms with van der Waals surface area (Å²) >= 11 is 0. The molecule has 1 heterocycles. The van der Waals surface area contributed by atoms with Crippen molar-refractivity contribution in [2.75, 3.05) is 19.6 Å². The molecule has 1 aliphatic rings. The predicted molar refractivity (Wildman–Crippen MR) is 96.6 cm³/mol. The topological polar surface area (TPSA) is 92.5 Å². The highest BCUT2D eigenvalue weighted by Crippen LogP contribution is 2.27. The molecule has 6 nitrogen and oxygen atoms in total. The van der Waals surface area contributed by atoms with E-state index in [0.29, 0.717) is 18.5 Å². The van der Waals surface area contributed by atoms with Crippen molar-refractivity contribution in [3.63, 3.8) is 0 Å². The minimum Gasteiger partial charge on any atom is -0.354 e. The molecule has 25 heavy (non-hydrogen) atoms. The number of hydrogen-bond donors (Lipinski definition) is 2. The third-order valence-electron chi connectivity index (χ3n) is 4.15. The Morgan fingerprint density at radius 3 is 2.76 bits per heavy atom. The Morgan fingerprint density at radius 2 is 2.12 bits per heavy atom. The van der Waals surface area contributed by atoms with Crippen molar-refractivity contribution in [1.29, 1.82) is 0 Å². The molecule has 0 saturated carbocycles. The first-order chi connectivity index (χ1) is 11.4. The Bertz CT molecular complexity index is 700. The van der Waals surface area contributed by atoms with Gasteiger partial charge in [-0.25, -0.2) is 12.8 Å². The van der Waals surface area contributed by atoms with Gasteiger partial charge in [0.1, 0.15) is 10.7 Å². The average molecular weight is 394 g/mol. The molecule has 0 bridgehead atoms. The van der Waals surface area contributed by atoms with Crippen LogP contribution in [0.1, 0.15) is 31.2 Å². The molecule has 9 heteroatoms. The summed E-state index contributed by atoms with van der Waals surface area (Å²) in [7, 11) is -3.94. The number of carbonyl (C=O) groups excluding carboxylic acids is 1. The van der Waals surface area contributed by atoms with Crippen molar-refractivity contribution in [2.24, 2.45) is 5.73 Å². The summed E-state index contributed by atoms with van der Waals surface area (Å²) in [5.74, 6) is -0.951. The highest BCUT2D eigenvalue weighted by Gasteiger charge is 2.35. The summed E-state index contributed by atoms with van der Waals surface area (Å²) in [5.41, 5.74) is 5.99. The molecule has 0 radical (unpaired) electrons. The maximum atomic E-state index is 14.2. The molecule has 1 aromatic carbocycles. The molecule has 1 aromatic rings. The first-order valence-electron chi connectivity index (χ1n) is 8.11. The number of piperidine rings is 1. The molecule has 1 aliphatic heterocycles. The molecule has 1 unspecified atom stereocenters. The Kier molecular flexibility index (Phi) is 8.27. The van der Waals surface area contributed by atoms with Crippen LogP contribution in [0, 0.1) is 12.7 Å². The fraction of sp³-hybridized carbons (Fsp3) is 0.562. The summed E-state index contributed by atoms with van der Waals surface area (Å²) in [6.45, 7) is 2.49. The number of nitrogens with zero attached hydrogens (tertiary/aromatic N) is 1. The zero-order valence-corrected chi connectivity index (χ0v) is 15.8. The zero-order chi connectivity index (χ0) is 17.7. The normalized spacial score (nSPS) is 18.4. The van der Waals surface area contributed by atoms with Crippen LogP contribution in [0.4, 0.5) is 4.39 Å². The van der Waals surface area contributed by atoms with E-state index in [1.165, 1.54) is 16.4 Å². The van der Waals surface area contributed by atoms with E-state index < -0.39 is 15.8 Å². The molecule has 1 fully saturated rings. The number of hydrogen-bond acceptors (Lipinski definition) is 4. The van der Waals surface area contributed by atoms with E-state index in [9.17, 15) is 17.6 Å². The molecule has 1 saturated heterocycles. The molecular formula is C16H25ClFN3O3S. The lowest BCUT2D eigenvalue weighted by Crippen LogP contribution is -2.49. The number of carbonyl (C=O) groups is 1. The summed E-state index contributed by atoms with van der Waals surface area (Å²) in [6.07, 6.45) is 2.43. The quantitative estimate of drug-likeness (QED) is 0.767. The third-order valence-corrected chi connectivity index (χ3v) is 6.14. The largest absolute Gasteiger partial charge is 0.354 e. The van der Waals surface area contributed by atoms with E-state index in [2.05, 4.69) is 5.32 Å². The van der Waals surface area contributed by atoms with Gasteiger partial charge in [-0.1, -0.05) is 12.5 Å². The molecule has 142 valence electrons. The van der Waals surface area contributed by atoms with Crippen molar-refractivity contribution in [3.8, 4) is 0 Å². The zero-order valence-electron chi connectivity index (χ0n) is 14.2. The number of sulfonamides is 1. The van der Waals surface area contributed by atoms with Crippen LogP contribution in [0.2, 0.25) is 0 Å². The van der Waals surface area contributed by atoms with Crippen LogP contribution in [0.5, 0.6) is 0 Å². The van der Waals surface area contributed by atoms with E-state index in [4.69, 9.17) is 5.73 Å². The van der Waals surface area contributed by atoms with E-state index in [-0.39, 0.29) is 48.8 Å². The summed E-state index contributed by atoms with van der Waals surface area (Å²) in [5, 5.41) is 2.71. The molecule has 0 spiro atoms. The van der Waals surface area contributed by atoms with Gasteiger partial charge < -0.3 is 11.1 Å². The van der Waals surface area contributed by atoms with Gasteiger partial charge in [-0.2, -0.15) is 4.31 Å². The van der Waals surface area contributed by atoms with Gasteiger partial charge in [-0.05, 0) is 37.5 Å². The minimum atomic E-state index is -3.94. The predicted octanol–water partition coefficient (Wildman–Crippen LogP) is 1.56. The van der Waals surface area contributed by atoms with Gasteiger partial charge in [-0.15, -0.1) is 12.4 Å². The van der Waals surface area contributed by atoms with Gasteiger partial charge in [0.15, 0.2) is 0 Å². The lowest BCUT2D eigenvalue weighted by atomic mass is 10.1. The maximum absolute atomic E-state index is 14.2. The SMILES string of the molecule is Cc1ccc(S(=O)(=O)N2CCCCC2CNC(=O)CCN)c(F)c1.Cl. The van der Waals surface area contributed by atoms with E-state index in [1.54, 1.807) is 13.0 Å². The van der Waals surface area contributed by atoms with Gasteiger partial charge in [0.2, 0.25) is 15.9 Å². The van der Waals surface area contributed by atoms with Crippen molar-refractivity contribution < 1.29 is 17.6 Å². The Balaban J connectivity index is 0.00000312. The van der Waals surface area contributed by atoms with Crippen molar-refractivity contribution >= 4 is 28.3 Å². The summed E-state index contributed by atoms with van der Waals surface area (Å²) in [6, 6.07) is 3.73. The van der Waals surface area contributed by atoms with Crippen LogP contribution in [0.3, 0.4) is 0 Å². The molecular weight excluding hydrogens is 369 g/mol.